The molecule has 1 aromatic rings. The largest absolute Gasteiger partial charge is 0.316 e. The monoisotopic (exact) mass is 259 g/mol. The van der Waals surface area contributed by atoms with Gasteiger partial charge in [0.2, 0.25) is 0 Å². The number of nitrogens with one attached hydrogen (secondary N) is 2. The summed E-state index contributed by atoms with van der Waals surface area (Å²) in [6.45, 7) is 2.30. The van der Waals surface area contributed by atoms with E-state index in [-0.39, 0.29) is 0 Å². The van der Waals surface area contributed by atoms with E-state index in [0.29, 0.717) is 6.04 Å². The summed E-state index contributed by atoms with van der Waals surface area (Å²) >= 11 is 1.62. The number of rotatable bonds is 2. The van der Waals surface area contributed by atoms with E-state index >= 15 is 0 Å². The van der Waals surface area contributed by atoms with Crippen molar-refractivity contribution in [2.24, 2.45) is 5.92 Å². The van der Waals surface area contributed by atoms with Crippen LogP contribution >= 0.6 is 11.9 Å². The van der Waals surface area contributed by atoms with E-state index in [1.54, 1.807) is 11.9 Å². The highest BCUT2D eigenvalue weighted by molar-refractivity contribution is 7.97. The van der Waals surface area contributed by atoms with Crippen molar-refractivity contribution in [1.82, 2.24) is 10.0 Å². The summed E-state index contributed by atoms with van der Waals surface area (Å²) in [5.74, 6) is 0.758. The minimum absolute atomic E-state index is 0.406. The molecule has 0 saturated carbocycles. The number of hydrogen-bond acceptors (Lipinski definition) is 4. The SMILES string of the molecule is N#Cc1cccc2c1SNC2C[C@H]1CCCNC1. The van der Waals surface area contributed by atoms with Gasteiger partial charge in [-0.15, -0.1) is 0 Å². The van der Waals surface area contributed by atoms with E-state index in [1.807, 2.05) is 12.1 Å². The zero-order valence-corrected chi connectivity index (χ0v) is 11.1. The third-order valence-electron chi connectivity index (χ3n) is 3.81. The summed E-state index contributed by atoms with van der Waals surface area (Å²) in [6.07, 6.45) is 3.78. The number of hydrogen-bond donors (Lipinski definition) is 2. The lowest BCUT2D eigenvalue weighted by Gasteiger charge is -2.25. The maximum absolute atomic E-state index is 9.11. The fourth-order valence-electron chi connectivity index (χ4n) is 2.86. The van der Waals surface area contributed by atoms with Crippen LogP contribution in [0.15, 0.2) is 23.1 Å². The first-order chi connectivity index (χ1) is 8.88. The normalized spacial score (nSPS) is 26.6. The molecule has 0 spiro atoms. The van der Waals surface area contributed by atoms with E-state index in [2.05, 4.69) is 22.2 Å². The Morgan fingerprint density at radius 3 is 3.17 bits per heavy atom. The van der Waals surface area contributed by atoms with Gasteiger partial charge in [-0.2, -0.15) is 5.26 Å². The molecule has 2 aliphatic heterocycles. The van der Waals surface area contributed by atoms with E-state index in [1.165, 1.54) is 31.4 Å². The summed E-state index contributed by atoms with van der Waals surface area (Å²) in [6, 6.07) is 8.74. The average Bonchev–Trinajstić information content (AvgIpc) is 2.83. The highest BCUT2D eigenvalue weighted by Gasteiger charge is 2.27. The molecule has 2 heterocycles. The number of fused-ring (bicyclic) bond motifs is 1. The van der Waals surface area contributed by atoms with Gasteiger partial charge in [0.05, 0.1) is 5.56 Å². The molecule has 0 bridgehead atoms. The maximum atomic E-state index is 9.11. The fraction of sp³-hybridized carbons (Fsp3) is 0.500. The van der Waals surface area contributed by atoms with Crippen LogP contribution in [0.3, 0.4) is 0 Å². The molecule has 2 atom stereocenters. The van der Waals surface area contributed by atoms with E-state index in [4.69, 9.17) is 5.26 Å². The summed E-state index contributed by atoms with van der Waals surface area (Å²) < 4.78 is 3.48. The summed E-state index contributed by atoms with van der Waals surface area (Å²) in [5.41, 5.74) is 2.11. The topological polar surface area (TPSA) is 47.9 Å². The average molecular weight is 259 g/mol. The van der Waals surface area contributed by atoms with Crippen molar-refractivity contribution in [2.45, 2.75) is 30.2 Å². The van der Waals surface area contributed by atoms with Gasteiger partial charge in [0, 0.05) is 10.9 Å². The number of nitriles is 1. The summed E-state index contributed by atoms with van der Waals surface area (Å²) in [7, 11) is 0. The molecule has 1 fully saturated rings. The van der Waals surface area contributed by atoms with Crippen molar-refractivity contribution in [3.8, 4) is 6.07 Å². The quantitative estimate of drug-likeness (QED) is 0.802. The Bertz CT molecular complexity index is 474. The Kier molecular flexibility index (Phi) is 3.55. The second-order valence-electron chi connectivity index (χ2n) is 5.06. The van der Waals surface area contributed by atoms with Gasteiger partial charge in [-0.3, -0.25) is 4.72 Å². The van der Waals surface area contributed by atoms with Crippen LogP contribution in [0.2, 0.25) is 0 Å². The zero-order valence-electron chi connectivity index (χ0n) is 10.3. The molecule has 0 aliphatic carbocycles. The van der Waals surface area contributed by atoms with E-state index < -0.39 is 0 Å². The Morgan fingerprint density at radius 2 is 2.39 bits per heavy atom. The second kappa shape index (κ2) is 5.31. The smallest absolute Gasteiger partial charge is 0.100 e. The minimum atomic E-state index is 0.406. The predicted octanol–water partition coefficient (Wildman–Crippen LogP) is 2.60. The lowest BCUT2D eigenvalue weighted by atomic mass is 9.89. The van der Waals surface area contributed by atoms with Crippen molar-refractivity contribution in [1.29, 1.82) is 5.26 Å². The molecule has 0 radical (unpaired) electrons. The van der Waals surface area contributed by atoms with Gasteiger partial charge >= 0.3 is 0 Å². The number of nitrogens with zero attached hydrogens (tertiary/aromatic N) is 1. The highest BCUT2D eigenvalue weighted by Crippen LogP contribution is 2.40. The third kappa shape index (κ3) is 2.26. The molecule has 4 heteroatoms. The van der Waals surface area contributed by atoms with Crippen LogP contribution in [0.25, 0.3) is 0 Å². The lowest BCUT2D eigenvalue weighted by Crippen LogP contribution is -2.31. The standard InChI is InChI=1S/C14H17N3S/c15-8-11-4-1-5-12-13(17-18-14(11)12)7-10-3-2-6-16-9-10/h1,4-5,10,13,16-17H,2-3,6-7,9H2/t10-,13?/m1/s1. The van der Waals surface area contributed by atoms with Crippen LogP contribution in [-0.4, -0.2) is 13.1 Å². The number of benzene rings is 1. The van der Waals surface area contributed by atoms with Gasteiger partial charge in [0.25, 0.3) is 0 Å². The van der Waals surface area contributed by atoms with Crippen molar-refractivity contribution in [3.05, 3.63) is 29.3 Å². The molecule has 0 aromatic heterocycles. The maximum Gasteiger partial charge on any atom is 0.100 e. The van der Waals surface area contributed by atoms with Crippen LogP contribution in [0.5, 0.6) is 0 Å². The predicted molar refractivity (Wildman–Crippen MR) is 73.1 cm³/mol. The van der Waals surface area contributed by atoms with Gasteiger partial charge in [-0.1, -0.05) is 12.1 Å². The molecule has 1 unspecified atom stereocenters. The van der Waals surface area contributed by atoms with Gasteiger partial charge in [-0.05, 0) is 61.8 Å². The van der Waals surface area contributed by atoms with Gasteiger partial charge < -0.3 is 5.32 Å². The Labute approximate surface area is 112 Å². The Balaban J connectivity index is 1.76. The van der Waals surface area contributed by atoms with Gasteiger partial charge in [-0.25, -0.2) is 0 Å². The van der Waals surface area contributed by atoms with Gasteiger partial charge in [0.1, 0.15) is 6.07 Å². The van der Waals surface area contributed by atoms with Crippen LogP contribution in [0, 0.1) is 17.2 Å². The molecule has 0 amide bonds. The van der Waals surface area contributed by atoms with Crippen LogP contribution in [-0.2, 0) is 0 Å². The molecule has 2 aliphatic rings. The first-order valence-electron chi connectivity index (χ1n) is 6.54. The van der Waals surface area contributed by atoms with E-state index in [0.717, 1.165) is 22.9 Å². The lowest BCUT2D eigenvalue weighted by molar-refractivity contribution is 0.332. The molecular weight excluding hydrogens is 242 g/mol. The molecular formula is C14H17N3S. The molecule has 2 N–H and O–H groups in total. The fourth-order valence-corrected chi connectivity index (χ4v) is 3.89. The second-order valence-corrected chi connectivity index (χ2v) is 5.90. The molecule has 3 rings (SSSR count). The summed E-state index contributed by atoms with van der Waals surface area (Å²) in [5, 5.41) is 12.6. The first kappa shape index (κ1) is 12.0. The zero-order chi connectivity index (χ0) is 12.4. The Hall–Kier alpha value is -1.02. The van der Waals surface area contributed by atoms with Crippen LogP contribution < -0.4 is 10.0 Å². The van der Waals surface area contributed by atoms with Crippen LogP contribution in [0.4, 0.5) is 0 Å². The molecule has 94 valence electrons. The molecule has 1 saturated heterocycles. The van der Waals surface area contributed by atoms with E-state index in [9.17, 15) is 0 Å². The minimum Gasteiger partial charge on any atom is -0.316 e. The van der Waals surface area contributed by atoms with Crippen molar-refractivity contribution >= 4 is 11.9 Å². The van der Waals surface area contributed by atoms with Crippen molar-refractivity contribution in [3.63, 3.8) is 0 Å². The van der Waals surface area contributed by atoms with Gasteiger partial charge in [0.15, 0.2) is 0 Å². The molecule has 1 aromatic carbocycles. The summed E-state index contributed by atoms with van der Waals surface area (Å²) in [4.78, 5) is 1.13. The number of piperidine rings is 1. The van der Waals surface area contributed by atoms with Crippen LogP contribution in [0.1, 0.15) is 36.4 Å². The molecule has 18 heavy (non-hydrogen) atoms. The van der Waals surface area contributed by atoms with Crippen molar-refractivity contribution < 1.29 is 0 Å². The first-order valence-corrected chi connectivity index (χ1v) is 7.36. The highest BCUT2D eigenvalue weighted by atomic mass is 32.2. The molecule has 3 nitrogen and oxygen atoms in total. The van der Waals surface area contributed by atoms with Crippen molar-refractivity contribution in [2.75, 3.05) is 13.1 Å². The third-order valence-corrected chi connectivity index (χ3v) is 4.87. The Morgan fingerprint density at radius 1 is 1.44 bits per heavy atom.